The number of hydrogen-bond acceptors (Lipinski definition) is 0. The number of halogens is 3. The fraction of sp³-hybridized carbons (Fsp3) is 0.375. The second-order valence-electron chi connectivity index (χ2n) is 8.50. The molecule has 1 nitrogen and oxygen atoms in total. The summed E-state index contributed by atoms with van der Waals surface area (Å²) in [5.41, 5.74) is 4.02. The van der Waals surface area contributed by atoms with Crippen molar-refractivity contribution in [3.63, 3.8) is 0 Å². The summed E-state index contributed by atoms with van der Waals surface area (Å²) in [5.74, 6) is -0.303. The van der Waals surface area contributed by atoms with Crippen LogP contribution in [0.4, 0.5) is 8.78 Å². The van der Waals surface area contributed by atoms with Crippen LogP contribution in [0.2, 0.25) is 0 Å². The summed E-state index contributed by atoms with van der Waals surface area (Å²) in [6.07, 6.45) is 4.12. The van der Waals surface area contributed by atoms with E-state index in [2.05, 4.69) is 38.5 Å². The summed E-state index contributed by atoms with van der Waals surface area (Å²) in [4.78, 5) is 0. The molecular weight excluding hydrogens is 467 g/mol. The van der Waals surface area contributed by atoms with E-state index < -0.39 is 5.41 Å². The van der Waals surface area contributed by atoms with Crippen LogP contribution in [0, 0.1) is 22.1 Å². The first kappa shape index (κ1) is 18.5. The third-order valence-corrected chi connectivity index (χ3v) is 11.3. The van der Waals surface area contributed by atoms with Crippen molar-refractivity contribution in [2.75, 3.05) is 0 Å². The molecule has 2 aliphatic rings. The van der Waals surface area contributed by atoms with E-state index in [1.54, 1.807) is 6.07 Å². The Morgan fingerprint density at radius 2 is 1.79 bits per heavy atom. The minimum atomic E-state index is -0.500. The van der Waals surface area contributed by atoms with Crippen LogP contribution in [0.3, 0.4) is 0 Å². The number of hydrogen-bond donors (Lipinski definition) is 0. The first-order valence-electron chi connectivity index (χ1n) is 9.94. The van der Waals surface area contributed by atoms with Gasteiger partial charge in [0.25, 0.3) is 0 Å². The van der Waals surface area contributed by atoms with Gasteiger partial charge in [0.05, 0.1) is 0 Å². The molecule has 1 aromatic heterocycles. The molecule has 0 unspecified atom stereocenters. The first-order chi connectivity index (χ1) is 13.3. The number of aryl methyl sites for hydroxylation is 1. The van der Waals surface area contributed by atoms with Gasteiger partial charge in [-0.05, 0) is 0 Å². The molecule has 28 heavy (non-hydrogen) atoms. The van der Waals surface area contributed by atoms with E-state index >= 15 is 8.78 Å². The van der Waals surface area contributed by atoms with Gasteiger partial charge in [-0.25, -0.2) is 0 Å². The van der Waals surface area contributed by atoms with E-state index in [0.29, 0.717) is 10.9 Å². The minimum absolute atomic E-state index is 0.0462. The Kier molecular flexibility index (Phi) is 3.79. The topological polar surface area (TPSA) is 3.88 Å². The van der Waals surface area contributed by atoms with Gasteiger partial charge in [-0.15, -0.1) is 0 Å². The molecule has 1 aliphatic heterocycles. The SMILES string of the molecule is CCC1(CC)[I-]c2ccc(F)c3c2-c2c4c(cc(C)c(F)c4cc[n+]21)C3(C)C. The average Bonchev–Trinajstić information content (AvgIpc) is 2.68. The van der Waals surface area contributed by atoms with E-state index in [-0.39, 0.29) is 36.4 Å². The fourth-order valence-electron chi connectivity index (χ4n) is 5.21. The Morgan fingerprint density at radius 3 is 2.46 bits per heavy atom. The van der Waals surface area contributed by atoms with Crippen molar-refractivity contribution < 1.29 is 34.6 Å². The number of benzene rings is 2. The van der Waals surface area contributed by atoms with Crippen LogP contribution in [0.5, 0.6) is 0 Å². The van der Waals surface area contributed by atoms with Crippen molar-refractivity contribution in [1.82, 2.24) is 0 Å². The molecule has 0 radical (unpaired) electrons. The molecule has 0 atom stereocenters. The Balaban J connectivity index is 2.10. The van der Waals surface area contributed by atoms with Crippen molar-refractivity contribution in [2.24, 2.45) is 0 Å². The summed E-state index contributed by atoms with van der Waals surface area (Å²) in [6.45, 7) is 10.5. The van der Waals surface area contributed by atoms with Crippen LogP contribution in [-0.4, -0.2) is 0 Å². The number of aromatic nitrogens is 1. The zero-order valence-corrected chi connectivity index (χ0v) is 19.0. The molecule has 2 aromatic carbocycles. The molecule has 2 heterocycles. The Bertz CT molecular complexity index is 1180. The van der Waals surface area contributed by atoms with Gasteiger partial charge >= 0.3 is 175 Å². The summed E-state index contributed by atoms with van der Waals surface area (Å²) in [7, 11) is 0. The second-order valence-corrected chi connectivity index (χ2v) is 12.2. The van der Waals surface area contributed by atoms with Crippen LogP contribution < -0.4 is 25.8 Å². The summed E-state index contributed by atoms with van der Waals surface area (Å²) >= 11 is -0.358. The summed E-state index contributed by atoms with van der Waals surface area (Å²) in [5, 5.41) is 1.64. The Morgan fingerprint density at radius 1 is 1.07 bits per heavy atom. The molecule has 0 amide bonds. The van der Waals surface area contributed by atoms with Gasteiger partial charge in [0.2, 0.25) is 0 Å². The van der Waals surface area contributed by atoms with Crippen molar-refractivity contribution in [3.8, 4) is 11.3 Å². The quantitative estimate of drug-likeness (QED) is 0.295. The van der Waals surface area contributed by atoms with Gasteiger partial charge in [-0.2, -0.15) is 0 Å². The Hall–Kier alpha value is -1.56. The van der Waals surface area contributed by atoms with Gasteiger partial charge in [-0.1, -0.05) is 0 Å². The normalized spacial score (nSPS) is 18.1. The monoisotopic (exact) mass is 491 g/mol. The molecule has 0 N–H and O–H groups in total. The third kappa shape index (κ3) is 2.02. The first-order valence-corrected chi connectivity index (χ1v) is 12.1. The van der Waals surface area contributed by atoms with Gasteiger partial charge in [0, 0.05) is 0 Å². The molecule has 5 rings (SSSR count). The maximum absolute atomic E-state index is 15.2. The molecule has 0 spiro atoms. The van der Waals surface area contributed by atoms with Gasteiger partial charge < -0.3 is 0 Å². The third-order valence-electron chi connectivity index (χ3n) is 6.78. The molecule has 0 saturated carbocycles. The van der Waals surface area contributed by atoms with Gasteiger partial charge in [0.15, 0.2) is 0 Å². The number of nitrogens with zero attached hydrogens (tertiary/aromatic N) is 1. The molecule has 0 saturated heterocycles. The van der Waals surface area contributed by atoms with Crippen molar-refractivity contribution in [3.05, 3.63) is 62.4 Å². The molecular formula is C24H24F2IN. The summed E-state index contributed by atoms with van der Waals surface area (Å²) in [6, 6.07) is 7.54. The van der Waals surface area contributed by atoms with E-state index in [4.69, 9.17) is 0 Å². The van der Waals surface area contributed by atoms with Crippen LogP contribution in [0.1, 0.15) is 57.2 Å². The van der Waals surface area contributed by atoms with E-state index in [9.17, 15) is 0 Å². The van der Waals surface area contributed by atoms with Crippen LogP contribution >= 0.6 is 0 Å². The van der Waals surface area contributed by atoms with Crippen molar-refractivity contribution >= 4 is 10.8 Å². The predicted molar refractivity (Wildman–Crippen MR) is 104 cm³/mol. The zero-order valence-electron chi connectivity index (χ0n) is 16.9. The number of alkyl halides is 1. The number of rotatable bonds is 2. The average molecular weight is 491 g/mol. The standard InChI is InChI=1S/C24H24F2IN/c1-6-24(7-2)27-17-9-8-16(25)20-19(17)22-18-14(10-11-28(22)24)21(26)13(3)12-15(18)23(20,4)5/h8-12H,6-7H2,1-5H3. The summed E-state index contributed by atoms with van der Waals surface area (Å²) < 4.78 is 34.1. The second kappa shape index (κ2) is 5.74. The molecule has 1 aliphatic carbocycles. The molecule has 4 heteroatoms. The van der Waals surface area contributed by atoms with Gasteiger partial charge in [-0.3, -0.25) is 0 Å². The Labute approximate surface area is 175 Å². The molecule has 0 bridgehead atoms. The van der Waals surface area contributed by atoms with Crippen LogP contribution in [-0.2, 0) is 8.96 Å². The van der Waals surface area contributed by atoms with Gasteiger partial charge in [0.1, 0.15) is 0 Å². The van der Waals surface area contributed by atoms with Crippen molar-refractivity contribution in [2.45, 2.75) is 56.4 Å². The van der Waals surface area contributed by atoms with Crippen LogP contribution in [0.15, 0.2) is 30.5 Å². The predicted octanol–water partition coefficient (Wildman–Crippen LogP) is 2.77. The molecule has 3 aromatic rings. The maximum atomic E-state index is 15.2. The molecule has 146 valence electrons. The molecule has 0 fully saturated rings. The van der Waals surface area contributed by atoms with Crippen LogP contribution in [0.25, 0.3) is 22.0 Å². The fourth-order valence-corrected chi connectivity index (χ4v) is 8.88. The van der Waals surface area contributed by atoms with Crippen molar-refractivity contribution in [1.29, 1.82) is 0 Å². The number of pyridine rings is 1. The zero-order chi connectivity index (χ0) is 20.0. The van der Waals surface area contributed by atoms with E-state index in [1.807, 2.05) is 25.1 Å². The van der Waals surface area contributed by atoms with E-state index in [1.165, 1.54) is 3.57 Å². The van der Waals surface area contributed by atoms with E-state index in [0.717, 1.165) is 40.6 Å².